The zero-order chi connectivity index (χ0) is 21.2. The first-order valence-electron chi connectivity index (χ1n) is 11.1. The number of guanidine groups is 1. The predicted octanol–water partition coefficient (Wildman–Crippen LogP) is 3.74. The largest absolute Gasteiger partial charge is 0.355 e. The fraction of sp³-hybridized carbons (Fsp3) is 0.480. The summed E-state index contributed by atoms with van der Waals surface area (Å²) < 4.78 is 0. The van der Waals surface area contributed by atoms with Crippen LogP contribution in [0.4, 0.5) is 0 Å². The minimum absolute atomic E-state index is 0. The molecular weight excluding hydrogens is 497 g/mol. The second kappa shape index (κ2) is 13.7. The number of hydrogen-bond acceptors (Lipinski definition) is 3. The molecule has 2 aromatic rings. The van der Waals surface area contributed by atoms with Gasteiger partial charge in [-0.15, -0.1) is 24.0 Å². The Kier molecular flexibility index (Phi) is 11.3. The normalized spacial score (nSPS) is 15.5. The molecule has 1 fully saturated rings. The number of nitrogens with one attached hydrogen (secondary N) is 2. The molecule has 2 N–H and O–H groups in total. The Balaban J connectivity index is 0.00000341. The van der Waals surface area contributed by atoms with Crippen molar-refractivity contribution in [3.8, 4) is 0 Å². The molecule has 1 aliphatic heterocycles. The van der Waals surface area contributed by atoms with Crippen molar-refractivity contribution in [1.29, 1.82) is 0 Å². The molecule has 0 radical (unpaired) electrons. The molecule has 170 valence electrons. The molecule has 31 heavy (non-hydrogen) atoms. The highest BCUT2D eigenvalue weighted by Crippen LogP contribution is 2.13. The number of halogens is 1. The van der Waals surface area contributed by atoms with Crippen LogP contribution in [0.3, 0.4) is 0 Å². The Morgan fingerprint density at radius 2 is 1.58 bits per heavy atom. The lowest BCUT2D eigenvalue weighted by molar-refractivity contribution is 0.290. The number of aliphatic imine (C=N–C) groups is 1. The van der Waals surface area contributed by atoms with E-state index in [4.69, 9.17) is 0 Å². The van der Waals surface area contributed by atoms with Crippen LogP contribution in [0.15, 0.2) is 59.6 Å². The van der Waals surface area contributed by atoms with Gasteiger partial charge >= 0.3 is 0 Å². The highest BCUT2D eigenvalue weighted by Gasteiger charge is 2.13. The van der Waals surface area contributed by atoms with E-state index in [1.54, 1.807) is 0 Å². The maximum atomic E-state index is 4.40. The van der Waals surface area contributed by atoms with Crippen LogP contribution in [0.2, 0.25) is 0 Å². The van der Waals surface area contributed by atoms with Crippen LogP contribution in [0.5, 0.6) is 0 Å². The van der Waals surface area contributed by atoms with Crippen LogP contribution in [0, 0.1) is 0 Å². The average molecular weight is 536 g/mol. The number of likely N-dealkylation sites (tertiary alicyclic amines) is 1. The van der Waals surface area contributed by atoms with Crippen molar-refractivity contribution < 1.29 is 0 Å². The quantitative estimate of drug-likeness (QED) is 0.292. The zero-order valence-corrected chi connectivity index (χ0v) is 21.5. The van der Waals surface area contributed by atoms with Crippen LogP contribution in [-0.2, 0) is 19.5 Å². The van der Waals surface area contributed by atoms with E-state index < -0.39 is 0 Å². The zero-order valence-electron chi connectivity index (χ0n) is 19.2. The molecule has 2 aromatic carbocycles. The monoisotopic (exact) mass is 535 g/mol. The van der Waals surface area contributed by atoms with E-state index in [-0.39, 0.29) is 24.0 Å². The van der Waals surface area contributed by atoms with Gasteiger partial charge in [0.05, 0.1) is 0 Å². The van der Waals surface area contributed by atoms with Gasteiger partial charge in [-0.3, -0.25) is 9.89 Å². The van der Waals surface area contributed by atoms with Gasteiger partial charge in [-0.2, -0.15) is 0 Å². The number of likely N-dealkylation sites (N-methyl/N-ethyl adjacent to an activating group) is 1. The standard InChI is InChI=1S/C25H37N5.HI/c1-26-25(28-19-24(29(2)3)17-21-9-5-4-6-10-21)27-18-22-11-13-23(14-12-22)20-30-15-7-8-16-30;/h4-6,9-14,24H,7-8,15-20H2,1-3H3,(H2,26,27,28);1H. The molecule has 1 atom stereocenters. The van der Waals surface area contributed by atoms with Crippen molar-refractivity contribution >= 4 is 29.9 Å². The molecule has 0 spiro atoms. The molecule has 6 heteroatoms. The summed E-state index contributed by atoms with van der Waals surface area (Å²) in [6, 6.07) is 20.0. The van der Waals surface area contributed by atoms with Crippen LogP contribution in [0.25, 0.3) is 0 Å². The van der Waals surface area contributed by atoms with Crippen LogP contribution >= 0.6 is 24.0 Å². The molecule has 1 unspecified atom stereocenters. The minimum Gasteiger partial charge on any atom is -0.355 e. The maximum Gasteiger partial charge on any atom is 0.191 e. The number of rotatable bonds is 9. The van der Waals surface area contributed by atoms with Gasteiger partial charge < -0.3 is 15.5 Å². The fourth-order valence-electron chi connectivity index (χ4n) is 3.91. The summed E-state index contributed by atoms with van der Waals surface area (Å²) in [6.45, 7) is 5.17. The molecule has 5 nitrogen and oxygen atoms in total. The summed E-state index contributed by atoms with van der Waals surface area (Å²) in [5.74, 6) is 0.844. The van der Waals surface area contributed by atoms with E-state index in [1.165, 1.54) is 42.6 Å². The molecule has 1 heterocycles. The highest BCUT2D eigenvalue weighted by atomic mass is 127. The lowest BCUT2D eigenvalue weighted by atomic mass is 10.1. The third kappa shape index (κ3) is 8.79. The van der Waals surface area contributed by atoms with Crippen molar-refractivity contribution in [2.45, 2.75) is 38.4 Å². The van der Waals surface area contributed by atoms with Crippen molar-refractivity contribution in [1.82, 2.24) is 20.4 Å². The van der Waals surface area contributed by atoms with E-state index in [0.29, 0.717) is 6.04 Å². The first-order chi connectivity index (χ1) is 14.6. The summed E-state index contributed by atoms with van der Waals surface area (Å²) in [5.41, 5.74) is 4.03. The van der Waals surface area contributed by atoms with E-state index in [1.807, 2.05) is 7.05 Å². The van der Waals surface area contributed by atoms with Crippen molar-refractivity contribution in [3.63, 3.8) is 0 Å². The maximum absolute atomic E-state index is 4.40. The first-order valence-corrected chi connectivity index (χ1v) is 11.1. The van der Waals surface area contributed by atoms with Gasteiger partial charge in [0, 0.05) is 32.7 Å². The predicted molar refractivity (Wildman–Crippen MR) is 142 cm³/mol. The molecule has 1 aliphatic rings. The molecule has 3 rings (SSSR count). The van der Waals surface area contributed by atoms with Gasteiger partial charge in [0.1, 0.15) is 0 Å². The lowest BCUT2D eigenvalue weighted by Gasteiger charge is -2.25. The summed E-state index contributed by atoms with van der Waals surface area (Å²) in [7, 11) is 6.10. The van der Waals surface area contributed by atoms with E-state index in [0.717, 1.165) is 32.0 Å². The molecule has 0 amide bonds. The van der Waals surface area contributed by atoms with Gasteiger partial charge in [0.25, 0.3) is 0 Å². The van der Waals surface area contributed by atoms with E-state index in [9.17, 15) is 0 Å². The van der Waals surface area contributed by atoms with Gasteiger partial charge in [-0.1, -0.05) is 54.6 Å². The van der Waals surface area contributed by atoms with Crippen molar-refractivity contribution in [3.05, 3.63) is 71.3 Å². The Hall–Kier alpha value is -1.64. The smallest absolute Gasteiger partial charge is 0.191 e. The topological polar surface area (TPSA) is 42.9 Å². The van der Waals surface area contributed by atoms with Crippen molar-refractivity contribution in [2.75, 3.05) is 40.8 Å². The van der Waals surface area contributed by atoms with Crippen molar-refractivity contribution in [2.24, 2.45) is 4.99 Å². The van der Waals surface area contributed by atoms with Crippen LogP contribution in [-0.4, -0.2) is 62.6 Å². The average Bonchev–Trinajstić information content (AvgIpc) is 3.27. The van der Waals surface area contributed by atoms with Gasteiger partial charge in [0.15, 0.2) is 5.96 Å². The highest BCUT2D eigenvalue weighted by molar-refractivity contribution is 14.0. The summed E-state index contributed by atoms with van der Waals surface area (Å²) in [4.78, 5) is 9.20. The third-order valence-electron chi connectivity index (χ3n) is 5.86. The van der Waals surface area contributed by atoms with Gasteiger partial charge in [0.2, 0.25) is 0 Å². The lowest BCUT2D eigenvalue weighted by Crippen LogP contribution is -2.45. The SMILES string of the molecule is CN=C(NCc1ccc(CN2CCCC2)cc1)NCC(Cc1ccccc1)N(C)C.I. The summed E-state index contributed by atoms with van der Waals surface area (Å²) in [5, 5.41) is 6.94. The van der Waals surface area contributed by atoms with Gasteiger partial charge in [-0.05, 0) is 63.1 Å². The Bertz CT molecular complexity index is 770. The van der Waals surface area contributed by atoms with E-state index >= 15 is 0 Å². The Morgan fingerprint density at radius 1 is 0.935 bits per heavy atom. The van der Waals surface area contributed by atoms with Crippen LogP contribution in [0.1, 0.15) is 29.5 Å². The minimum atomic E-state index is 0. The molecule has 0 saturated carbocycles. The fourth-order valence-corrected chi connectivity index (χ4v) is 3.91. The number of benzene rings is 2. The molecule has 0 aromatic heterocycles. The Morgan fingerprint density at radius 3 is 2.19 bits per heavy atom. The second-order valence-electron chi connectivity index (χ2n) is 8.41. The van der Waals surface area contributed by atoms with E-state index in [2.05, 4.69) is 94.1 Å². The summed E-state index contributed by atoms with van der Waals surface area (Å²) in [6.07, 6.45) is 3.69. The van der Waals surface area contributed by atoms with Crippen LogP contribution < -0.4 is 10.6 Å². The first kappa shape index (κ1) is 25.6. The Labute approximate surface area is 205 Å². The molecule has 1 saturated heterocycles. The second-order valence-corrected chi connectivity index (χ2v) is 8.41. The molecule has 0 bridgehead atoms. The third-order valence-corrected chi connectivity index (χ3v) is 5.86. The molecule has 0 aliphatic carbocycles. The summed E-state index contributed by atoms with van der Waals surface area (Å²) >= 11 is 0. The number of nitrogens with zero attached hydrogens (tertiary/aromatic N) is 3. The number of hydrogen-bond donors (Lipinski definition) is 2. The van der Waals surface area contributed by atoms with Gasteiger partial charge in [-0.25, -0.2) is 0 Å². The molecular formula is C25H38IN5.